The minimum atomic E-state index is 0.153. The molecule has 1 aromatic rings. The van der Waals surface area contributed by atoms with Gasteiger partial charge < -0.3 is 0 Å². The van der Waals surface area contributed by atoms with Crippen LogP contribution in [0.4, 0.5) is 0 Å². The maximum Gasteiger partial charge on any atom is 0.258 e. The summed E-state index contributed by atoms with van der Waals surface area (Å²) < 4.78 is 0. The molecule has 23 heavy (non-hydrogen) atoms. The molecular formula is C20H34N2O+. The molecule has 1 rings (SSSR count). The first kappa shape index (κ1) is 19.7. The minimum Gasteiger partial charge on any atom is -0.285 e. The predicted octanol–water partition coefficient (Wildman–Crippen LogP) is 4.63. The van der Waals surface area contributed by atoms with E-state index < -0.39 is 0 Å². The molecular weight excluding hydrogens is 284 g/mol. The first-order chi connectivity index (χ1) is 11.1. The maximum atomic E-state index is 12.9. The van der Waals surface area contributed by atoms with Gasteiger partial charge in [0.15, 0.2) is 0 Å². The van der Waals surface area contributed by atoms with Crippen molar-refractivity contribution in [2.45, 2.75) is 65.0 Å². The molecule has 1 aromatic carbocycles. The SMILES string of the molecule is CCCCCCCCN(C(=O)c1ccccc1)C(CC)[N+](C)C. The number of carbonyl (C=O) groups excluding carboxylic acids is 1. The molecule has 0 saturated carbocycles. The molecule has 0 heterocycles. The molecule has 0 aliphatic carbocycles. The van der Waals surface area contributed by atoms with Crippen LogP contribution in [-0.2, 0) is 0 Å². The van der Waals surface area contributed by atoms with Crippen LogP contribution in [0.15, 0.2) is 30.3 Å². The molecule has 1 amide bonds. The normalized spacial score (nSPS) is 12.4. The summed E-state index contributed by atoms with van der Waals surface area (Å²) in [5.41, 5.74) is 0.791. The average molecular weight is 319 g/mol. The lowest BCUT2D eigenvalue weighted by Gasteiger charge is -2.29. The summed E-state index contributed by atoms with van der Waals surface area (Å²) >= 11 is 0. The van der Waals surface area contributed by atoms with Gasteiger partial charge in [-0.1, -0.05) is 64.2 Å². The second-order valence-electron chi connectivity index (χ2n) is 6.48. The standard InChI is InChI=1S/C20H34N2O/c1-5-7-8-9-10-14-17-22(19(6-2)21(3)4)20(23)18-15-12-11-13-16-18/h11-13,15-16,19H,5-10,14,17H2,1-4H3/q+1. The zero-order chi connectivity index (χ0) is 17.1. The molecule has 3 nitrogen and oxygen atoms in total. The number of benzene rings is 1. The quantitative estimate of drug-likeness (QED) is 0.332. The first-order valence-corrected chi connectivity index (χ1v) is 9.14. The Morgan fingerprint density at radius 1 is 1.00 bits per heavy atom. The van der Waals surface area contributed by atoms with E-state index >= 15 is 0 Å². The predicted molar refractivity (Wildman–Crippen MR) is 98.9 cm³/mol. The van der Waals surface area contributed by atoms with Crippen molar-refractivity contribution in [3.8, 4) is 0 Å². The van der Waals surface area contributed by atoms with Gasteiger partial charge in [-0.05, 0) is 18.6 Å². The van der Waals surface area contributed by atoms with E-state index in [0.29, 0.717) is 0 Å². The van der Waals surface area contributed by atoms with Crippen molar-refractivity contribution >= 4 is 5.91 Å². The largest absolute Gasteiger partial charge is 0.285 e. The zero-order valence-corrected chi connectivity index (χ0v) is 15.4. The van der Waals surface area contributed by atoms with Crippen LogP contribution in [0.25, 0.3) is 0 Å². The molecule has 0 aliphatic rings. The fourth-order valence-corrected chi connectivity index (χ4v) is 3.06. The van der Waals surface area contributed by atoms with Gasteiger partial charge in [-0.25, -0.2) is 0 Å². The summed E-state index contributed by atoms with van der Waals surface area (Å²) in [6.45, 7) is 5.23. The topological polar surface area (TPSA) is 26.2 Å². The lowest BCUT2D eigenvalue weighted by atomic mass is 10.1. The molecule has 0 saturated heterocycles. The van der Waals surface area contributed by atoms with Crippen LogP contribution in [0, 0.1) is 0 Å². The van der Waals surface area contributed by atoms with Gasteiger partial charge in [0.1, 0.15) is 14.1 Å². The van der Waals surface area contributed by atoms with Crippen molar-refractivity contribution in [2.24, 2.45) is 0 Å². The third-order valence-corrected chi connectivity index (χ3v) is 4.36. The van der Waals surface area contributed by atoms with Crippen molar-refractivity contribution < 1.29 is 4.79 Å². The van der Waals surface area contributed by atoms with Gasteiger partial charge in [0, 0.05) is 18.5 Å². The highest BCUT2D eigenvalue weighted by Gasteiger charge is 2.30. The summed E-state index contributed by atoms with van der Waals surface area (Å²) in [6.07, 6.45) is 8.60. The summed E-state index contributed by atoms with van der Waals surface area (Å²) in [7, 11) is 4.11. The number of nitrogens with zero attached hydrogens (tertiary/aromatic N) is 2. The number of hydrogen-bond acceptors (Lipinski definition) is 2. The third-order valence-electron chi connectivity index (χ3n) is 4.36. The Morgan fingerprint density at radius 3 is 2.17 bits per heavy atom. The molecule has 1 radical (unpaired) electrons. The summed E-state index contributed by atoms with van der Waals surface area (Å²) in [5, 5.41) is 0. The van der Waals surface area contributed by atoms with Crippen LogP contribution in [0.5, 0.6) is 0 Å². The van der Waals surface area contributed by atoms with E-state index in [1.54, 1.807) is 0 Å². The van der Waals surface area contributed by atoms with E-state index in [4.69, 9.17) is 0 Å². The summed E-state index contributed by atoms with van der Waals surface area (Å²) in [6, 6.07) is 9.66. The molecule has 0 spiro atoms. The third kappa shape index (κ3) is 6.74. The number of carbonyl (C=O) groups is 1. The van der Waals surface area contributed by atoms with Crippen molar-refractivity contribution in [1.82, 2.24) is 9.80 Å². The molecule has 1 unspecified atom stereocenters. The number of amides is 1. The fourth-order valence-electron chi connectivity index (χ4n) is 3.06. The van der Waals surface area contributed by atoms with Gasteiger partial charge in [0.05, 0.1) is 0 Å². The lowest BCUT2D eigenvalue weighted by molar-refractivity contribution is 0.0568. The van der Waals surface area contributed by atoms with E-state index in [-0.39, 0.29) is 12.1 Å². The molecule has 0 bridgehead atoms. The smallest absolute Gasteiger partial charge is 0.258 e. The van der Waals surface area contributed by atoms with Crippen LogP contribution in [0.3, 0.4) is 0 Å². The van der Waals surface area contributed by atoms with Crippen molar-refractivity contribution in [3.05, 3.63) is 35.9 Å². The number of unbranched alkanes of at least 4 members (excludes halogenated alkanes) is 5. The zero-order valence-electron chi connectivity index (χ0n) is 15.4. The van der Waals surface area contributed by atoms with Crippen molar-refractivity contribution in [3.63, 3.8) is 0 Å². The molecule has 0 aromatic heterocycles. The molecule has 0 aliphatic heterocycles. The molecule has 129 valence electrons. The van der Waals surface area contributed by atoms with Gasteiger partial charge in [0.2, 0.25) is 6.17 Å². The van der Waals surface area contributed by atoms with Crippen LogP contribution >= 0.6 is 0 Å². The van der Waals surface area contributed by atoms with Gasteiger partial charge in [0.25, 0.3) is 5.91 Å². The summed E-state index contributed by atoms with van der Waals surface area (Å²) in [5.74, 6) is 0.153. The lowest BCUT2D eigenvalue weighted by Crippen LogP contribution is -2.50. The van der Waals surface area contributed by atoms with E-state index in [2.05, 4.69) is 37.7 Å². The molecule has 0 N–H and O–H groups in total. The Morgan fingerprint density at radius 2 is 1.61 bits per heavy atom. The van der Waals surface area contributed by atoms with E-state index in [9.17, 15) is 4.79 Å². The van der Waals surface area contributed by atoms with E-state index in [1.807, 2.05) is 30.3 Å². The summed E-state index contributed by atoms with van der Waals surface area (Å²) in [4.78, 5) is 17.1. The minimum absolute atomic E-state index is 0.153. The maximum absolute atomic E-state index is 12.9. The number of rotatable bonds is 11. The van der Waals surface area contributed by atoms with Gasteiger partial charge in [-0.2, -0.15) is 4.90 Å². The highest BCUT2D eigenvalue weighted by Crippen LogP contribution is 2.14. The second-order valence-corrected chi connectivity index (χ2v) is 6.48. The molecule has 1 atom stereocenters. The van der Waals surface area contributed by atoms with Gasteiger partial charge in [-0.3, -0.25) is 9.69 Å². The highest BCUT2D eigenvalue weighted by molar-refractivity contribution is 5.94. The Bertz CT molecular complexity index is 431. The Hall–Kier alpha value is -1.35. The van der Waals surface area contributed by atoms with E-state index in [1.165, 1.54) is 32.1 Å². The van der Waals surface area contributed by atoms with Crippen molar-refractivity contribution in [2.75, 3.05) is 20.6 Å². The highest BCUT2D eigenvalue weighted by atomic mass is 16.2. The Labute approximate surface area is 142 Å². The monoisotopic (exact) mass is 318 g/mol. The fraction of sp³-hybridized carbons (Fsp3) is 0.650. The van der Waals surface area contributed by atoms with Crippen molar-refractivity contribution in [1.29, 1.82) is 0 Å². The van der Waals surface area contributed by atoms with Gasteiger partial charge in [-0.15, -0.1) is 0 Å². The van der Waals surface area contributed by atoms with Crippen LogP contribution in [0.2, 0.25) is 0 Å². The van der Waals surface area contributed by atoms with Crippen LogP contribution in [0.1, 0.15) is 69.2 Å². The van der Waals surface area contributed by atoms with E-state index in [0.717, 1.165) is 24.9 Å². The Kier molecular flexibility index (Phi) is 9.61. The Balaban J connectivity index is 2.68. The first-order valence-electron chi connectivity index (χ1n) is 9.14. The van der Waals surface area contributed by atoms with Gasteiger partial charge >= 0.3 is 0 Å². The molecule has 0 fully saturated rings. The second kappa shape index (κ2) is 11.2. The number of hydrogen-bond donors (Lipinski definition) is 0. The average Bonchev–Trinajstić information content (AvgIpc) is 2.56. The van der Waals surface area contributed by atoms with Crippen LogP contribution < -0.4 is 4.90 Å². The molecule has 3 heteroatoms. The van der Waals surface area contributed by atoms with Crippen LogP contribution in [-0.4, -0.2) is 37.6 Å².